The van der Waals surface area contributed by atoms with Crippen molar-refractivity contribution in [3.8, 4) is 17.0 Å². The minimum Gasteiger partial charge on any atom is -0.491 e. The molecule has 0 saturated carbocycles. The first kappa shape index (κ1) is 28.6. The first-order valence-corrected chi connectivity index (χ1v) is 14.3. The summed E-state index contributed by atoms with van der Waals surface area (Å²) in [5.74, 6) is 1.18. The Bertz CT molecular complexity index is 819. The molecule has 2 aromatic rings. The first-order valence-electron chi connectivity index (χ1n) is 14.3. The van der Waals surface area contributed by atoms with Gasteiger partial charge in [-0.3, -0.25) is 4.98 Å². The van der Waals surface area contributed by atoms with Gasteiger partial charge in [0.15, 0.2) is 6.29 Å². The van der Waals surface area contributed by atoms with E-state index < -0.39 is 6.17 Å². The van der Waals surface area contributed by atoms with Crippen molar-refractivity contribution in [3.05, 3.63) is 48.2 Å². The minimum absolute atomic E-state index is 0.111. The second-order valence-corrected chi connectivity index (χ2v) is 10.2. The van der Waals surface area contributed by atoms with E-state index in [1.54, 1.807) is 0 Å². The Morgan fingerprint density at radius 2 is 1.53 bits per heavy atom. The number of hydrogen-bond acceptors (Lipinski definition) is 4. The van der Waals surface area contributed by atoms with Crippen molar-refractivity contribution >= 4 is 0 Å². The Morgan fingerprint density at radius 3 is 2.19 bits per heavy atom. The highest BCUT2D eigenvalue weighted by atomic mass is 19.1. The van der Waals surface area contributed by atoms with Crippen LogP contribution in [0.2, 0.25) is 0 Å². The number of rotatable bonds is 17. The van der Waals surface area contributed by atoms with Crippen molar-refractivity contribution < 1.29 is 18.6 Å². The lowest BCUT2D eigenvalue weighted by Crippen LogP contribution is -2.27. The number of pyridine rings is 1. The maximum Gasteiger partial charge on any atom is 0.185 e. The minimum atomic E-state index is -0.911. The molecule has 0 radical (unpaired) electrons. The Morgan fingerprint density at radius 1 is 0.861 bits per heavy atom. The van der Waals surface area contributed by atoms with E-state index in [2.05, 4.69) is 18.8 Å². The van der Waals surface area contributed by atoms with Crippen LogP contribution in [0.15, 0.2) is 42.6 Å². The molecule has 0 aliphatic carbocycles. The molecule has 1 fully saturated rings. The Hall–Kier alpha value is -1.98. The van der Waals surface area contributed by atoms with Crippen LogP contribution in [0.1, 0.15) is 103 Å². The SMILES string of the molecule is CCCCCCCCC1COC(c2ccc(-c3ccc(OC[C@@H](F)CCCCCC)cc3)nc2)OC1. The zero-order valence-electron chi connectivity index (χ0n) is 22.4. The average molecular weight is 500 g/mol. The van der Waals surface area contributed by atoms with E-state index in [0.29, 0.717) is 18.1 Å². The molecule has 0 N–H and O–H groups in total. The van der Waals surface area contributed by atoms with Gasteiger partial charge in [-0.1, -0.05) is 84.1 Å². The third kappa shape index (κ3) is 10.2. The molecule has 5 heteroatoms. The van der Waals surface area contributed by atoms with Crippen LogP contribution in [0.4, 0.5) is 4.39 Å². The molecule has 1 aliphatic heterocycles. The van der Waals surface area contributed by atoms with Gasteiger partial charge in [0.2, 0.25) is 0 Å². The summed E-state index contributed by atoms with van der Waals surface area (Å²) in [5.41, 5.74) is 2.82. The van der Waals surface area contributed by atoms with E-state index in [4.69, 9.17) is 14.2 Å². The third-order valence-corrected chi connectivity index (χ3v) is 6.94. The van der Waals surface area contributed by atoms with Crippen molar-refractivity contribution in [2.75, 3.05) is 19.8 Å². The molecule has 1 atom stereocenters. The summed E-state index contributed by atoms with van der Waals surface area (Å²) in [5, 5.41) is 0. The van der Waals surface area contributed by atoms with Gasteiger partial charge in [0.05, 0.1) is 18.9 Å². The van der Waals surface area contributed by atoms with Crippen molar-refractivity contribution in [2.24, 2.45) is 5.92 Å². The van der Waals surface area contributed by atoms with E-state index in [0.717, 1.165) is 42.9 Å². The summed E-state index contributed by atoms with van der Waals surface area (Å²) >= 11 is 0. The molecule has 2 heterocycles. The quantitative estimate of drug-likeness (QED) is 0.204. The molecule has 1 aromatic carbocycles. The lowest BCUT2D eigenvalue weighted by Gasteiger charge is -2.29. The third-order valence-electron chi connectivity index (χ3n) is 6.94. The van der Waals surface area contributed by atoms with E-state index in [1.165, 1.54) is 57.8 Å². The second-order valence-electron chi connectivity index (χ2n) is 10.2. The Balaban J connectivity index is 1.37. The van der Waals surface area contributed by atoms with E-state index in [-0.39, 0.29) is 12.9 Å². The summed E-state index contributed by atoms with van der Waals surface area (Å²) in [6.07, 6.45) is 14.6. The van der Waals surface area contributed by atoms with Crippen LogP contribution in [-0.4, -0.2) is 31.0 Å². The van der Waals surface area contributed by atoms with Gasteiger partial charge in [-0.2, -0.15) is 0 Å². The van der Waals surface area contributed by atoms with Gasteiger partial charge < -0.3 is 14.2 Å². The average Bonchev–Trinajstić information content (AvgIpc) is 2.93. The predicted octanol–water partition coefficient (Wildman–Crippen LogP) is 8.85. The van der Waals surface area contributed by atoms with Crippen LogP contribution < -0.4 is 4.74 Å². The molecular weight excluding hydrogens is 453 g/mol. The van der Waals surface area contributed by atoms with Crippen LogP contribution in [0.3, 0.4) is 0 Å². The molecule has 3 rings (SSSR count). The van der Waals surface area contributed by atoms with Crippen molar-refractivity contribution in [1.29, 1.82) is 0 Å². The Kier molecular flexibility index (Phi) is 13.3. The first-order chi connectivity index (χ1) is 17.7. The monoisotopic (exact) mass is 499 g/mol. The summed E-state index contributed by atoms with van der Waals surface area (Å²) in [6.45, 7) is 6.03. The molecule has 0 unspecified atom stereocenters. The molecule has 0 bridgehead atoms. The van der Waals surface area contributed by atoms with Gasteiger partial charge in [-0.25, -0.2) is 4.39 Å². The van der Waals surface area contributed by atoms with Crippen LogP contribution in [-0.2, 0) is 9.47 Å². The van der Waals surface area contributed by atoms with E-state index in [1.807, 2.05) is 42.6 Å². The van der Waals surface area contributed by atoms with Crippen molar-refractivity contribution in [3.63, 3.8) is 0 Å². The van der Waals surface area contributed by atoms with Gasteiger partial charge in [0.1, 0.15) is 18.5 Å². The van der Waals surface area contributed by atoms with Gasteiger partial charge in [-0.05, 0) is 43.2 Å². The zero-order valence-corrected chi connectivity index (χ0v) is 22.4. The normalized spacial score (nSPS) is 18.8. The fraction of sp³-hybridized carbons (Fsp3) is 0.645. The number of hydrogen-bond donors (Lipinski definition) is 0. The van der Waals surface area contributed by atoms with Crippen LogP contribution >= 0.6 is 0 Å². The van der Waals surface area contributed by atoms with Crippen LogP contribution in [0, 0.1) is 5.92 Å². The second kappa shape index (κ2) is 16.7. The number of nitrogens with zero attached hydrogens (tertiary/aromatic N) is 1. The van der Waals surface area contributed by atoms with Gasteiger partial charge in [0, 0.05) is 23.2 Å². The molecular formula is C31H46FNO3. The molecule has 0 amide bonds. The van der Waals surface area contributed by atoms with Crippen LogP contribution in [0.25, 0.3) is 11.3 Å². The molecule has 200 valence electrons. The van der Waals surface area contributed by atoms with Gasteiger partial charge >= 0.3 is 0 Å². The van der Waals surface area contributed by atoms with Crippen LogP contribution in [0.5, 0.6) is 5.75 Å². The lowest BCUT2D eigenvalue weighted by molar-refractivity contribution is -0.206. The summed E-state index contributed by atoms with van der Waals surface area (Å²) in [6, 6.07) is 11.7. The summed E-state index contributed by atoms with van der Waals surface area (Å²) in [4.78, 5) is 4.62. The molecule has 4 nitrogen and oxygen atoms in total. The number of halogens is 1. The lowest BCUT2D eigenvalue weighted by atomic mass is 10.0. The number of aromatic nitrogens is 1. The topological polar surface area (TPSA) is 40.6 Å². The molecule has 0 spiro atoms. The number of ether oxygens (including phenoxy) is 3. The molecule has 1 aliphatic rings. The van der Waals surface area contributed by atoms with Gasteiger partial charge in [0.25, 0.3) is 0 Å². The van der Waals surface area contributed by atoms with Crippen molar-refractivity contribution in [1.82, 2.24) is 4.98 Å². The fourth-order valence-electron chi connectivity index (χ4n) is 4.62. The molecule has 1 aromatic heterocycles. The Labute approximate surface area is 218 Å². The summed E-state index contributed by atoms with van der Waals surface area (Å²) in [7, 11) is 0. The smallest absolute Gasteiger partial charge is 0.185 e. The molecule has 1 saturated heterocycles. The maximum atomic E-state index is 14.0. The highest BCUT2D eigenvalue weighted by Gasteiger charge is 2.23. The molecule has 36 heavy (non-hydrogen) atoms. The largest absolute Gasteiger partial charge is 0.491 e. The highest BCUT2D eigenvalue weighted by Crippen LogP contribution is 2.29. The number of unbranched alkanes of at least 4 members (excludes halogenated alkanes) is 8. The summed E-state index contributed by atoms with van der Waals surface area (Å²) < 4.78 is 31.7. The van der Waals surface area contributed by atoms with E-state index >= 15 is 0 Å². The standard InChI is InChI=1S/C31H46FNO3/c1-3-5-7-9-10-11-13-25-22-35-31(36-23-25)27-17-20-30(33-21-27)26-15-18-29(19-16-26)34-24-28(32)14-12-8-6-4-2/h15-21,25,28,31H,3-14,22-24H2,1-2H3/t25?,28-,31?/m0/s1. The predicted molar refractivity (Wildman–Crippen MR) is 145 cm³/mol. The van der Waals surface area contributed by atoms with Gasteiger partial charge in [-0.15, -0.1) is 0 Å². The zero-order chi connectivity index (χ0) is 25.4. The van der Waals surface area contributed by atoms with Crippen molar-refractivity contribution in [2.45, 2.75) is 103 Å². The van der Waals surface area contributed by atoms with E-state index in [9.17, 15) is 4.39 Å². The number of benzene rings is 1. The fourth-order valence-corrected chi connectivity index (χ4v) is 4.62. The highest BCUT2D eigenvalue weighted by molar-refractivity contribution is 5.60. The number of alkyl halides is 1. The maximum absolute atomic E-state index is 14.0.